The van der Waals surface area contributed by atoms with E-state index < -0.39 is 0 Å². The van der Waals surface area contributed by atoms with E-state index in [-0.39, 0.29) is 11.9 Å². The van der Waals surface area contributed by atoms with Crippen LogP contribution in [0.4, 0.5) is 5.82 Å². The Bertz CT molecular complexity index is 379. The van der Waals surface area contributed by atoms with E-state index in [9.17, 15) is 4.79 Å². The molecule has 0 aliphatic rings. The first-order chi connectivity index (χ1) is 8.04. The van der Waals surface area contributed by atoms with Crippen molar-refractivity contribution in [2.45, 2.75) is 33.7 Å². The summed E-state index contributed by atoms with van der Waals surface area (Å²) in [5.74, 6) is 0.833. The topological polar surface area (TPSA) is 66.9 Å². The molecule has 0 saturated carbocycles. The maximum Gasteiger partial charge on any atom is 0.271 e. The summed E-state index contributed by atoms with van der Waals surface area (Å²) in [5, 5.41) is 5.92. The second-order valence-electron chi connectivity index (χ2n) is 4.33. The summed E-state index contributed by atoms with van der Waals surface area (Å²) < 4.78 is 0. The highest BCUT2D eigenvalue weighted by Crippen LogP contribution is 2.04. The fraction of sp³-hybridized carbons (Fsp3) is 0.583. The Morgan fingerprint density at radius 2 is 2.06 bits per heavy atom. The van der Waals surface area contributed by atoms with Crippen LogP contribution in [0.25, 0.3) is 0 Å². The number of anilines is 1. The van der Waals surface area contributed by atoms with Gasteiger partial charge in [-0.15, -0.1) is 0 Å². The molecule has 0 bridgehead atoms. The van der Waals surface area contributed by atoms with Crippen LogP contribution in [0, 0.1) is 5.92 Å². The monoisotopic (exact) mass is 236 g/mol. The Labute approximate surface area is 102 Å². The fourth-order valence-electron chi connectivity index (χ4n) is 1.19. The Morgan fingerprint density at radius 3 is 2.65 bits per heavy atom. The molecular formula is C12H20N4O. The van der Waals surface area contributed by atoms with Crippen LogP contribution in [0.1, 0.15) is 38.2 Å². The number of nitrogens with zero attached hydrogens (tertiary/aromatic N) is 2. The number of hydrogen-bond donors (Lipinski definition) is 2. The Morgan fingerprint density at radius 1 is 1.35 bits per heavy atom. The van der Waals surface area contributed by atoms with Gasteiger partial charge in [-0.05, 0) is 19.8 Å². The van der Waals surface area contributed by atoms with Crippen LogP contribution in [0.3, 0.4) is 0 Å². The van der Waals surface area contributed by atoms with E-state index in [2.05, 4.69) is 34.4 Å². The zero-order valence-corrected chi connectivity index (χ0v) is 10.8. The average Bonchev–Trinajstić information content (AvgIpc) is 2.29. The number of carbonyl (C=O) groups is 1. The molecule has 2 N–H and O–H groups in total. The van der Waals surface area contributed by atoms with Crippen LogP contribution in [0.5, 0.6) is 0 Å². The molecule has 17 heavy (non-hydrogen) atoms. The Hall–Kier alpha value is -1.65. The fourth-order valence-corrected chi connectivity index (χ4v) is 1.19. The van der Waals surface area contributed by atoms with Gasteiger partial charge >= 0.3 is 0 Å². The lowest BCUT2D eigenvalue weighted by atomic mass is 10.1. The Kier molecular flexibility index (Phi) is 4.87. The molecular weight excluding hydrogens is 216 g/mol. The van der Waals surface area contributed by atoms with Crippen molar-refractivity contribution in [1.82, 2.24) is 15.3 Å². The molecule has 1 amide bonds. The van der Waals surface area contributed by atoms with E-state index in [1.807, 2.05) is 13.8 Å². The molecule has 1 unspecified atom stereocenters. The number of nitrogens with one attached hydrogen (secondary N) is 2. The molecule has 0 fully saturated rings. The van der Waals surface area contributed by atoms with E-state index in [0.29, 0.717) is 17.4 Å². The zero-order chi connectivity index (χ0) is 12.8. The van der Waals surface area contributed by atoms with E-state index in [0.717, 1.165) is 6.54 Å². The molecule has 1 atom stereocenters. The van der Waals surface area contributed by atoms with Gasteiger partial charge in [0.15, 0.2) is 0 Å². The van der Waals surface area contributed by atoms with Crippen molar-refractivity contribution < 1.29 is 4.79 Å². The van der Waals surface area contributed by atoms with Crippen LogP contribution in [-0.4, -0.2) is 28.5 Å². The summed E-state index contributed by atoms with van der Waals surface area (Å²) in [7, 11) is 0. The van der Waals surface area contributed by atoms with E-state index in [4.69, 9.17) is 0 Å². The summed E-state index contributed by atoms with van der Waals surface area (Å²) in [6, 6.07) is 0.118. The molecule has 1 aromatic heterocycles. The predicted molar refractivity (Wildman–Crippen MR) is 68.0 cm³/mol. The van der Waals surface area contributed by atoms with Gasteiger partial charge in [0.1, 0.15) is 11.5 Å². The molecule has 5 heteroatoms. The van der Waals surface area contributed by atoms with Crippen molar-refractivity contribution in [3.05, 3.63) is 18.1 Å². The molecule has 0 saturated heterocycles. The summed E-state index contributed by atoms with van der Waals surface area (Å²) in [4.78, 5) is 20.1. The SMILES string of the molecule is CCNc1cncc(C(=O)NC(C)C(C)C)n1. The third kappa shape index (κ3) is 4.01. The minimum absolute atomic E-state index is 0.118. The lowest BCUT2D eigenvalue weighted by molar-refractivity contribution is 0.0925. The quantitative estimate of drug-likeness (QED) is 0.816. The molecule has 1 aromatic rings. The normalized spacial score (nSPS) is 12.3. The standard InChI is InChI=1S/C12H20N4O/c1-5-14-11-7-13-6-10(16-11)12(17)15-9(4)8(2)3/h6-9H,5H2,1-4H3,(H,14,16)(H,15,17). The number of hydrogen-bond acceptors (Lipinski definition) is 4. The first-order valence-electron chi connectivity index (χ1n) is 5.91. The third-order valence-corrected chi connectivity index (χ3v) is 2.58. The van der Waals surface area contributed by atoms with Gasteiger partial charge in [-0.25, -0.2) is 4.98 Å². The van der Waals surface area contributed by atoms with E-state index in [1.165, 1.54) is 6.20 Å². The van der Waals surface area contributed by atoms with Crippen LogP contribution >= 0.6 is 0 Å². The van der Waals surface area contributed by atoms with Crippen molar-refractivity contribution in [1.29, 1.82) is 0 Å². The second-order valence-corrected chi connectivity index (χ2v) is 4.33. The third-order valence-electron chi connectivity index (χ3n) is 2.58. The van der Waals surface area contributed by atoms with Gasteiger partial charge in [-0.1, -0.05) is 13.8 Å². The van der Waals surface area contributed by atoms with Gasteiger partial charge < -0.3 is 10.6 Å². The second kappa shape index (κ2) is 6.18. The van der Waals surface area contributed by atoms with Crippen LogP contribution in [0.15, 0.2) is 12.4 Å². The maximum absolute atomic E-state index is 11.9. The molecule has 94 valence electrons. The molecule has 0 radical (unpaired) electrons. The van der Waals surface area contributed by atoms with E-state index >= 15 is 0 Å². The zero-order valence-electron chi connectivity index (χ0n) is 10.8. The summed E-state index contributed by atoms with van der Waals surface area (Å²) in [5.41, 5.74) is 0.343. The summed E-state index contributed by atoms with van der Waals surface area (Å²) in [6.45, 7) is 8.82. The number of amides is 1. The molecule has 0 aliphatic carbocycles. The largest absolute Gasteiger partial charge is 0.369 e. The lowest BCUT2D eigenvalue weighted by Gasteiger charge is -2.17. The van der Waals surface area contributed by atoms with Gasteiger partial charge in [-0.2, -0.15) is 0 Å². The van der Waals surface area contributed by atoms with E-state index in [1.54, 1.807) is 6.20 Å². The number of aromatic nitrogens is 2. The smallest absolute Gasteiger partial charge is 0.271 e. The molecule has 1 heterocycles. The molecule has 0 aliphatic heterocycles. The first kappa shape index (κ1) is 13.4. The molecule has 0 aromatic carbocycles. The Balaban J connectivity index is 2.71. The van der Waals surface area contributed by atoms with Crippen molar-refractivity contribution >= 4 is 11.7 Å². The first-order valence-corrected chi connectivity index (χ1v) is 5.91. The average molecular weight is 236 g/mol. The van der Waals surface area contributed by atoms with Gasteiger partial charge in [0.25, 0.3) is 5.91 Å². The molecule has 5 nitrogen and oxygen atoms in total. The maximum atomic E-state index is 11.9. The van der Waals surface area contributed by atoms with Gasteiger partial charge in [0.2, 0.25) is 0 Å². The van der Waals surface area contributed by atoms with Crippen molar-refractivity contribution in [2.24, 2.45) is 5.92 Å². The van der Waals surface area contributed by atoms with Crippen molar-refractivity contribution in [2.75, 3.05) is 11.9 Å². The van der Waals surface area contributed by atoms with Gasteiger partial charge in [-0.3, -0.25) is 9.78 Å². The lowest BCUT2D eigenvalue weighted by Crippen LogP contribution is -2.36. The highest BCUT2D eigenvalue weighted by molar-refractivity contribution is 5.92. The summed E-state index contributed by atoms with van der Waals surface area (Å²) in [6.07, 6.45) is 3.08. The van der Waals surface area contributed by atoms with Crippen LogP contribution in [-0.2, 0) is 0 Å². The van der Waals surface area contributed by atoms with Crippen LogP contribution < -0.4 is 10.6 Å². The minimum atomic E-state index is -0.182. The minimum Gasteiger partial charge on any atom is -0.369 e. The predicted octanol–water partition coefficient (Wildman–Crippen LogP) is 1.68. The van der Waals surface area contributed by atoms with Crippen LogP contribution in [0.2, 0.25) is 0 Å². The molecule has 0 spiro atoms. The van der Waals surface area contributed by atoms with Crippen molar-refractivity contribution in [3.63, 3.8) is 0 Å². The van der Waals surface area contributed by atoms with Gasteiger partial charge in [0, 0.05) is 12.6 Å². The van der Waals surface area contributed by atoms with Gasteiger partial charge in [0.05, 0.1) is 12.4 Å². The summed E-state index contributed by atoms with van der Waals surface area (Å²) >= 11 is 0. The molecule has 1 rings (SSSR count). The highest BCUT2D eigenvalue weighted by atomic mass is 16.1. The number of rotatable bonds is 5. The van der Waals surface area contributed by atoms with Crippen molar-refractivity contribution in [3.8, 4) is 0 Å². The number of carbonyl (C=O) groups excluding carboxylic acids is 1. The highest BCUT2D eigenvalue weighted by Gasteiger charge is 2.14.